The van der Waals surface area contributed by atoms with E-state index in [0.29, 0.717) is 12.0 Å². The number of carbonyl (C=O) groups excluding carboxylic acids is 1. The van der Waals surface area contributed by atoms with E-state index < -0.39 is 0 Å². The van der Waals surface area contributed by atoms with Gasteiger partial charge in [-0.15, -0.1) is 11.3 Å². The molecule has 2 atom stereocenters. The van der Waals surface area contributed by atoms with Crippen molar-refractivity contribution in [2.24, 2.45) is 5.92 Å². The first kappa shape index (κ1) is 11.2. The third kappa shape index (κ3) is 1.89. The third-order valence-corrected chi connectivity index (χ3v) is 5.14. The lowest BCUT2D eigenvalue weighted by Gasteiger charge is -2.22. The number of fused-ring (bicyclic) bond motifs is 1. The summed E-state index contributed by atoms with van der Waals surface area (Å²) in [5.74, 6) is 0.926. The minimum Gasteiger partial charge on any atom is -0.333 e. The van der Waals surface area contributed by atoms with Gasteiger partial charge in [0.25, 0.3) is 5.91 Å². The van der Waals surface area contributed by atoms with Crippen LogP contribution in [0.3, 0.4) is 0 Å². The normalized spacial score (nSPS) is 27.5. The van der Waals surface area contributed by atoms with Gasteiger partial charge in [-0.05, 0) is 30.9 Å². The van der Waals surface area contributed by atoms with E-state index in [-0.39, 0.29) is 5.91 Å². The second-order valence-electron chi connectivity index (χ2n) is 4.89. The largest absolute Gasteiger partial charge is 0.333 e. The van der Waals surface area contributed by atoms with Crippen LogP contribution in [0.15, 0.2) is 12.1 Å². The predicted octanol–water partition coefficient (Wildman–Crippen LogP) is 1.74. The summed E-state index contributed by atoms with van der Waals surface area (Å²) in [4.78, 5) is 16.7. The summed E-state index contributed by atoms with van der Waals surface area (Å²) in [5.41, 5.74) is 0. The van der Waals surface area contributed by atoms with Crippen LogP contribution in [-0.4, -0.2) is 36.5 Å². The number of likely N-dealkylation sites (tertiary alicyclic amines) is 1. The van der Waals surface area contributed by atoms with Crippen molar-refractivity contribution in [3.63, 3.8) is 0 Å². The number of nitrogens with one attached hydrogen (secondary N) is 1. The first-order chi connectivity index (χ1) is 8.29. The van der Waals surface area contributed by atoms with E-state index in [2.05, 4.69) is 23.2 Å². The smallest absolute Gasteiger partial charge is 0.264 e. The number of thiophene rings is 1. The van der Waals surface area contributed by atoms with Crippen molar-refractivity contribution in [3.8, 4) is 0 Å². The SMILES string of the molecule is CCc1ccc(C(=O)N2CC[C@H]3CNC[C@H]32)s1. The zero-order valence-corrected chi connectivity index (χ0v) is 10.9. The molecule has 3 nitrogen and oxygen atoms in total. The maximum Gasteiger partial charge on any atom is 0.264 e. The fourth-order valence-electron chi connectivity index (χ4n) is 2.93. The molecule has 0 aliphatic carbocycles. The highest BCUT2D eigenvalue weighted by atomic mass is 32.1. The lowest BCUT2D eigenvalue weighted by molar-refractivity contribution is 0.0742. The van der Waals surface area contributed by atoms with Gasteiger partial charge in [-0.1, -0.05) is 6.92 Å². The molecular weight excluding hydrogens is 232 g/mol. The van der Waals surface area contributed by atoms with Gasteiger partial charge in [0.2, 0.25) is 0 Å². The Bertz CT molecular complexity index is 429. The molecule has 3 rings (SSSR count). The summed E-state index contributed by atoms with van der Waals surface area (Å²) in [7, 11) is 0. The van der Waals surface area contributed by atoms with Crippen LogP contribution in [0.4, 0.5) is 0 Å². The summed E-state index contributed by atoms with van der Waals surface area (Å²) >= 11 is 1.65. The van der Waals surface area contributed by atoms with Crippen molar-refractivity contribution in [1.82, 2.24) is 10.2 Å². The molecule has 3 heterocycles. The van der Waals surface area contributed by atoms with Crippen molar-refractivity contribution in [2.45, 2.75) is 25.8 Å². The summed E-state index contributed by atoms with van der Waals surface area (Å²) in [6, 6.07) is 4.51. The molecule has 4 heteroatoms. The Labute approximate surface area is 106 Å². The lowest BCUT2D eigenvalue weighted by Crippen LogP contribution is -2.38. The minimum absolute atomic E-state index is 0.242. The van der Waals surface area contributed by atoms with Crippen molar-refractivity contribution in [3.05, 3.63) is 21.9 Å². The van der Waals surface area contributed by atoms with Crippen LogP contribution in [-0.2, 0) is 6.42 Å². The molecule has 17 heavy (non-hydrogen) atoms. The number of carbonyl (C=O) groups is 1. The van der Waals surface area contributed by atoms with Gasteiger partial charge in [-0.25, -0.2) is 0 Å². The first-order valence-corrected chi connectivity index (χ1v) is 7.21. The highest BCUT2D eigenvalue weighted by Gasteiger charge is 2.40. The summed E-state index contributed by atoms with van der Waals surface area (Å²) in [5, 5.41) is 3.39. The third-order valence-electron chi connectivity index (χ3n) is 3.93. The summed E-state index contributed by atoms with van der Waals surface area (Å²) in [6.45, 7) is 5.13. The monoisotopic (exact) mass is 250 g/mol. The van der Waals surface area contributed by atoms with Gasteiger partial charge < -0.3 is 10.2 Å². The highest BCUT2D eigenvalue weighted by Crippen LogP contribution is 2.30. The topological polar surface area (TPSA) is 32.3 Å². The molecule has 0 bridgehead atoms. The molecule has 2 fully saturated rings. The average Bonchev–Trinajstić information content (AvgIpc) is 3.04. The van der Waals surface area contributed by atoms with Gasteiger partial charge in [-0.2, -0.15) is 0 Å². The van der Waals surface area contributed by atoms with Gasteiger partial charge in [-0.3, -0.25) is 4.79 Å². The zero-order valence-electron chi connectivity index (χ0n) is 10.1. The van der Waals surface area contributed by atoms with E-state index in [1.54, 1.807) is 11.3 Å². The van der Waals surface area contributed by atoms with E-state index in [9.17, 15) is 4.79 Å². The Hall–Kier alpha value is -0.870. The fraction of sp³-hybridized carbons (Fsp3) is 0.615. The molecule has 1 amide bonds. The lowest BCUT2D eigenvalue weighted by atomic mass is 10.1. The maximum absolute atomic E-state index is 12.4. The van der Waals surface area contributed by atoms with Crippen LogP contribution in [0, 0.1) is 5.92 Å². The number of nitrogens with zero attached hydrogens (tertiary/aromatic N) is 1. The van der Waals surface area contributed by atoms with Crippen LogP contribution < -0.4 is 5.32 Å². The van der Waals surface area contributed by atoms with E-state index in [1.807, 2.05) is 6.07 Å². The Morgan fingerprint density at radius 3 is 3.18 bits per heavy atom. The Kier molecular flexibility index (Phi) is 2.92. The Morgan fingerprint density at radius 1 is 1.53 bits per heavy atom. The molecule has 1 aromatic rings. The number of aryl methyl sites for hydroxylation is 1. The zero-order chi connectivity index (χ0) is 11.8. The molecule has 0 spiro atoms. The molecule has 2 aliphatic rings. The average molecular weight is 250 g/mol. The number of hydrogen-bond acceptors (Lipinski definition) is 3. The van der Waals surface area contributed by atoms with E-state index in [4.69, 9.17) is 0 Å². The van der Waals surface area contributed by atoms with Crippen molar-refractivity contribution < 1.29 is 4.79 Å². The van der Waals surface area contributed by atoms with Crippen molar-refractivity contribution in [2.75, 3.05) is 19.6 Å². The number of hydrogen-bond donors (Lipinski definition) is 1. The second-order valence-corrected chi connectivity index (χ2v) is 6.06. The number of rotatable bonds is 2. The maximum atomic E-state index is 12.4. The minimum atomic E-state index is 0.242. The first-order valence-electron chi connectivity index (χ1n) is 6.40. The molecule has 0 saturated carbocycles. The molecule has 1 aromatic heterocycles. The van der Waals surface area contributed by atoms with E-state index in [0.717, 1.165) is 37.4 Å². The Balaban J connectivity index is 1.77. The molecule has 0 radical (unpaired) electrons. The van der Waals surface area contributed by atoms with Crippen LogP contribution in [0.5, 0.6) is 0 Å². The molecule has 2 saturated heterocycles. The van der Waals surface area contributed by atoms with Crippen LogP contribution in [0.2, 0.25) is 0 Å². The Morgan fingerprint density at radius 2 is 2.41 bits per heavy atom. The fourth-order valence-corrected chi connectivity index (χ4v) is 3.83. The van der Waals surface area contributed by atoms with Crippen molar-refractivity contribution in [1.29, 1.82) is 0 Å². The molecular formula is C13H18N2OS. The molecule has 2 aliphatic heterocycles. The van der Waals surface area contributed by atoms with Gasteiger partial charge in [0.1, 0.15) is 0 Å². The summed E-state index contributed by atoms with van der Waals surface area (Å²) < 4.78 is 0. The summed E-state index contributed by atoms with van der Waals surface area (Å²) in [6.07, 6.45) is 2.18. The van der Waals surface area contributed by atoms with Gasteiger partial charge >= 0.3 is 0 Å². The molecule has 1 N–H and O–H groups in total. The van der Waals surface area contributed by atoms with Gasteiger partial charge in [0, 0.05) is 30.6 Å². The van der Waals surface area contributed by atoms with Crippen LogP contribution in [0.25, 0.3) is 0 Å². The molecule has 0 unspecified atom stereocenters. The molecule has 92 valence electrons. The van der Waals surface area contributed by atoms with E-state index >= 15 is 0 Å². The standard InChI is InChI=1S/C13H18N2OS/c1-2-10-3-4-12(17-10)13(16)15-6-5-9-7-14-8-11(9)15/h3-4,9,11,14H,2,5-8H2,1H3/t9-,11+/m0/s1. The second kappa shape index (κ2) is 4.42. The quantitative estimate of drug-likeness (QED) is 0.867. The van der Waals surface area contributed by atoms with Gasteiger partial charge in [0.05, 0.1) is 4.88 Å². The van der Waals surface area contributed by atoms with E-state index in [1.165, 1.54) is 4.88 Å². The van der Waals surface area contributed by atoms with Gasteiger partial charge in [0.15, 0.2) is 0 Å². The molecule has 0 aromatic carbocycles. The number of amides is 1. The van der Waals surface area contributed by atoms with Crippen LogP contribution in [0.1, 0.15) is 27.9 Å². The van der Waals surface area contributed by atoms with Crippen LogP contribution >= 0.6 is 11.3 Å². The predicted molar refractivity (Wildman–Crippen MR) is 69.5 cm³/mol. The highest BCUT2D eigenvalue weighted by molar-refractivity contribution is 7.14. The van der Waals surface area contributed by atoms with Crippen molar-refractivity contribution >= 4 is 17.2 Å².